The first-order valence-corrected chi connectivity index (χ1v) is 10.3. The van der Waals surface area contributed by atoms with Crippen molar-refractivity contribution in [2.75, 3.05) is 18.1 Å². The molecular weight excluding hydrogens is 354 g/mol. The Hall–Kier alpha value is -1.47. The topological polar surface area (TPSA) is 63.2 Å². The highest BCUT2D eigenvalue weighted by Gasteiger charge is 2.24. The first kappa shape index (κ1) is 19.8. The lowest BCUT2D eigenvalue weighted by Gasteiger charge is -2.28. The molecule has 2 N–H and O–H groups in total. The van der Waals surface area contributed by atoms with Crippen molar-refractivity contribution in [1.82, 2.24) is 10.3 Å². The van der Waals surface area contributed by atoms with Gasteiger partial charge in [-0.25, -0.2) is 9.78 Å². The summed E-state index contributed by atoms with van der Waals surface area (Å²) < 4.78 is 7.58. The lowest BCUT2D eigenvalue weighted by molar-refractivity contribution is 0.0470. The van der Waals surface area contributed by atoms with Gasteiger partial charge in [0, 0.05) is 17.8 Å². The highest BCUT2D eigenvalue weighted by atomic mass is 32.2. The smallest absolute Gasteiger partial charge is 0.408 e. The van der Waals surface area contributed by atoms with E-state index in [1.54, 1.807) is 23.1 Å². The molecule has 2 aromatic rings. The number of nitrogens with zero attached hydrogens (tertiary/aromatic N) is 1. The predicted molar refractivity (Wildman–Crippen MR) is 108 cm³/mol. The van der Waals surface area contributed by atoms with Crippen molar-refractivity contribution in [1.29, 1.82) is 0 Å². The number of carbonyl (C=O) groups is 1. The standard InChI is InChI=1S/C18H27N3O2S2/c1-17(2,3)23-15(22)21-18(4,5)9-10-19-12-7-8-13-14(11-12)25-16(20-13)24-6/h7-8,11,19H,9-10H2,1-6H3,(H,21,22). The third-order valence-corrected chi connectivity index (χ3v) is 5.47. The third kappa shape index (κ3) is 6.40. The van der Waals surface area contributed by atoms with E-state index in [0.717, 1.165) is 28.5 Å². The second-order valence-corrected chi connectivity index (χ2v) is 9.64. The van der Waals surface area contributed by atoms with Crippen molar-refractivity contribution in [3.8, 4) is 0 Å². The van der Waals surface area contributed by atoms with Crippen LogP contribution >= 0.6 is 23.1 Å². The van der Waals surface area contributed by atoms with Gasteiger partial charge >= 0.3 is 6.09 Å². The van der Waals surface area contributed by atoms with Crippen molar-refractivity contribution in [3.63, 3.8) is 0 Å². The molecule has 0 unspecified atom stereocenters. The maximum Gasteiger partial charge on any atom is 0.408 e. The fourth-order valence-electron chi connectivity index (χ4n) is 2.26. The summed E-state index contributed by atoms with van der Waals surface area (Å²) in [4.78, 5) is 16.5. The minimum Gasteiger partial charge on any atom is -0.444 e. The quantitative estimate of drug-likeness (QED) is 0.680. The molecule has 0 radical (unpaired) electrons. The van der Waals surface area contributed by atoms with E-state index in [0.29, 0.717) is 0 Å². The second-order valence-electron chi connectivity index (χ2n) is 7.55. The Balaban J connectivity index is 1.87. The van der Waals surface area contributed by atoms with Gasteiger partial charge in [-0.1, -0.05) is 11.8 Å². The summed E-state index contributed by atoms with van der Waals surface area (Å²) >= 11 is 3.37. The molecule has 1 amide bonds. The van der Waals surface area contributed by atoms with E-state index >= 15 is 0 Å². The Morgan fingerprint density at radius 1 is 1.28 bits per heavy atom. The van der Waals surface area contributed by atoms with Gasteiger partial charge in [-0.15, -0.1) is 11.3 Å². The normalized spacial score (nSPS) is 12.2. The minimum absolute atomic E-state index is 0.351. The molecule has 1 heterocycles. The number of hydrogen-bond acceptors (Lipinski definition) is 6. The Kier molecular flexibility index (Phi) is 6.21. The van der Waals surface area contributed by atoms with Crippen LogP contribution < -0.4 is 10.6 Å². The number of thioether (sulfide) groups is 1. The van der Waals surface area contributed by atoms with E-state index in [2.05, 4.69) is 21.7 Å². The van der Waals surface area contributed by atoms with E-state index in [1.807, 2.05) is 53.0 Å². The number of nitrogens with one attached hydrogen (secondary N) is 2. The molecule has 2 rings (SSSR count). The lowest BCUT2D eigenvalue weighted by atomic mass is 10.0. The van der Waals surface area contributed by atoms with Crippen LogP contribution in [0.4, 0.5) is 10.5 Å². The zero-order chi connectivity index (χ0) is 18.7. The number of rotatable bonds is 6. The van der Waals surface area contributed by atoms with Crippen LogP contribution in [-0.2, 0) is 4.74 Å². The van der Waals surface area contributed by atoms with Gasteiger partial charge in [-0.2, -0.15) is 0 Å². The van der Waals surface area contributed by atoms with Crippen LogP contribution in [0.2, 0.25) is 0 Å². The van der Waals surface area contributed by atoms with Gasteiger partial charge in [0.25, 0.3) is 0 Å². The molecule has 0 saturated heterocycles. The van der Waals surface area contributed by atoms with Crippen molar-refractivity contribution < 1.29 is 9.53 Å². The van der Waals surface area contributed by atoms with Crippen LogP contribution in [0.3, 0.4) is 0 Å². The van der Waals surface area contributed by atoms with Gasteiger partial charge in [0.05, 0.1) is 10.2 Å². The molecule has 5 nitrogen and oxygen atoms in total. The maximum absolute atomic E-state index is 11.9. The number of thiazole rings is 1. The van der Waals surface area contributed by atoms with Crippen molar-refractivity contribution in [2.45, 2.75) is 56.5 Å². The molecule has 0 fully saturated rings. The second kappa shape index (κ2) is 7.83. The zero-order valence-corrected chi connectivity index (χ0v) is 17.4. The number of benzene rings is 1. The molecule has 7 heteroatoms. The molecule has 25 heavy (non-hydrogen) atoms. The number of alkyl carbamates (subject to hydrolysis) is 1. The molecule has 1 aromatic heterocycles. The summed E-state index contributed by atoms with van der Waals surface area (Å²) in [5.41, 5.74) is 1.26. The Bertz CT molecular complexity index is 735. The van der Waals surface area contributed by atoms with E-state index < -0.39 is 5.60 Å². The first-order chi connectivity index (χ1) is 11.6. The van der Waals surface area contributed by atoms with Gasteiger partial charge < -0.3 is 15.4 Å². The number of anilines is 1. The zero-order valence-electron chi connectivity index (χ0n) is 15.7. The van der Waals surface area contributed by atoms with Crippen LogP contribution in [0, 0.1) is 0 Å². The fourth-order valence-corrected chi connectivity index (χ4v) is 3.79. The van der Waals surface area contributed by atoms with Crippen molar-refractivity contribution in [3.05, 3.63) is 18.2 Å². The molecule has 0 bridgehead atoms. The predicted octanol–water partition coefficient (Wildman–Crippen LogP) is 5.12. The highest BCUT2D eigenvalue weighted by Crippen LogP contribution is 2.30. The number of amides is 1. The highest BCUT2D eigenvalue weighted by molar-refractivity contribution is 8.00. The molecule has 0 aliphatic heterocycles. The van der Waals surface area contributed by atoms with Crippen LogP contribution in [0.1, 0.15) is 41.0 Å². The van der Waals surface area contributed by atoms with Crippen LogP contribution in [0.5, 0.6) is 0 Å². The van der Waals surface area contributed by atoms with E-state index in [-0.39, 0.29) is 11.6 Å². The van der Waals surface area contributed by atoms with Gasteiger partial charge in [0.15, 0.2) is 4.34 Å². The SMILES string of the molecule is CSc1nc2ccc(NCCC(C)(C)NC(=O)OC(C)(C)C)cc2s1. The van der Waals surface area contributed by atoms with Gasteiger partial charge in [-0.3, -0.25) is 0 Å². The van der Waals surface area contributed by atoms with Crippen LogP contribution in [0.25, 0.3) is 10.2 Å². The van der Waals surface area contributed by atoms with Crippen molar-refractivity contribution in [2.24, 2.45) is 0 Å². The third-order valence-electron chi connectivity index (χ3n) is 3.46. The van der Waals surface area contributed by atoms with E-state index in [9.17, 15) is 4.79 Å². The molecule has 138 valence electrons. The van der Waals surface area contributed by atoms with E-state index in [1.165, 1.54) is 4.70 Å². The van der Waals surface area contributed by atoms with E-state index in [4.69, 9.17) is 4.74 Å². The Morgan fingerprint density at radius 3 is 2.64 bits per heavy atom. The molecule has 0 aliphatic carbocycles. The number of fused-ring (bicyclic) bond motifs is 1. The monoisotopic (exact) mass is 381 g/mol. The molecule has 0 aliphatic rings. The number of carbonyl (C=O) groups excluding carboxylic acids is 1. The molecule has 0 saturated carbocycles. The number of aromatic nitrogens is 1. The first-order valence-electron chi connectivity index (χ1n) is 8.28. The Morgan fingerprint density at radius 2 is 2.00 bits per heavy atom. The van der Waals surface area contributed by atoms with Gasteiger partial charge in [-0.05, 0) is 65.5 Å². The summed E-state index contributed by atoms with van der Waals surface area (Å²) in [5.74, 6) is 0. The summed E-state index contributed by atoms with van der Waals surface area (Å²) in [6.45, 7) is 10.3. The molecule has 0 atom stereocenters. The lowest BCUT2D eigenvalue weighted by Crippen LogP contribution is -2.46. The number of hydrogen-bond donors (Lipinski definition) is 2. The maximum atomic E-state index is 11.9. The Labute approximate surface area is 157 Å². The fraction of sp³-hybridized carbons (Fsp3) is 0.556. The molecule has 0 spiro atoms. The van der Waals surface area contributed by atoms with Crippen molar-refractivity contribution >= 4 is 45.1 Å². The van der Waals surface area contributed by atoms with Crippen LogP contribution in [-0.4, -0.2) is 35.0 Å². The largest absolute Gasteiger partial charge is 0.444 e. The average molecular weight is 382 g/mol. The average Bonchev–Trinajstić information content (AvgIpc) is 2.86. The van der Waals surface area contributed by atoms with Crippen LogP contribution in [0.15, 0.2) is 22.5 Å². The number of ether oxygens (including phenoxy) is 1. The van der Waals surface area contributed by atoms with Gasteiger partial charge in [0.1, 0.15) is 5.60 Å². The molecular formula is C18H27N3O2S2. The minimum atomic E-state index is -0.488. The summed E-state index contributed by atoms with van der Waals surface area (Å²) in [7, 11) is 0. The summed E-state index contributed by atoms with van der Waals surface area (Å²) in [6, 6.07) is 6.21. The van der Waals surface area contributed by atoms with Gasteiger partial charge in [0.2, 0.25) is 0 Å². The summed E-state index contributed by atoms with van der Waals surface area (Å²) in [5, 5.41) is 6.35. The summed E-state index contributed by atoms with van der Waals surface area (Å²) in [6.07, 6.45) is 2.44. The molecule has 1 aromatic carbocycles.